The fourth-order valence-electron chi connectivity index (χ4n) is 3.69. The lowest BCUT2D eigenvalue weighted by Gasteiger charge is -2.21. The predicted molar refractivity (Wildman–Crippen MR) is 129 cm³/mol. The van der Waals surface area contributed by atoms with Gasteiger partial charge in [-0.05, 0) is 49.6 Å². The number of aryl methyl sites for hydroxylation is 1. The number of nitrogens with one attached hydrogen (secondary N) is 1. The van der Waals surface area contributed by atoms with Crippen molar-refractivity contribution in [2.24, 2.45) is 0 Å². The first-order valence-corrected chi connectivity index (χ1v) is 14.3. The molecule has 180 valence electrons. The number of carbonyl (C=O) groups is 1. The molecule has 0 atom stereocenters. The van der Waals surface area contributed by atoms with Crippen LogP contribution in [0.2, 0.25) is 0 Å². The van der Waals surface area contributed by atoms with Gasteiger partial charge < -0.3 is 5.32 Å². The minimum atomic E-state index is -3.61. The van der Waals surface area contributed by atoms with Gasteiger partial charge in [-0.25, -0.2) is 16.8 Å². The highest BCUT2D eigenvalue weighted by molar-refractivity contribution is 7.89. The molecule has 10 heteroatoms. The maximum atomic E-state index is 12.9. The third-order valence-electron chi connectivity index (χ3n) is 5.61. The summed E-state index contributed by atoms with van der Waals surface area (Å²) in [6.45, 7) is 2.71. The SMILES string of the molecule is Cc1ccc(CN(CC(=O)Nc2ccc(S(=O)(=O)N3CCCCCC3)cc2)S(C)(=O)=O)cc1. The Balaban J connectivity index is 1.65. The molecular weight excluding hydrogens is 462 g/mol. The summed E-state index contributed by atoms with van der Waals surface area (Å²) < 4.78 is 52.8. The molecule has 1 heterocycles. The van der Waals surface area contributed by atoms with E-state index in [-0.39, 0.29) is 18.0 Å². The van der Waals surface area contributed by atoms with Crippen LogP contribution >= 0.6 is 0 Å². The Hall–Kier alpha value is -2.27. The number of anilines is 1. The number of hydrogen-bond acceptors (Lipinski definition) is 5. The summed E-state index contributed by atoms with van der Waals surface area (Å²) >= 11 is 0. The van der Waals surface area contributed by atoms with Crippen LogP contribution in [0.5, 0.6) is 0 Å². The number of sulfonamides is 2. The molecule has 3 rings (SSSR count). The maximum Gasteiger partial charge on any atom is 0.243 e. The molecule has 0 aliphatic carbocycles. The van der Waals surface area contributed by atoms with Gasteiger partial charge in [-0.2, -0.15) is 8.61 Å². The monoisotopic (exact) mass is 493 g/mol. The number of carbonyl (C=O) groups excluding carboxylic acids is 1. The van der Waals surface area contributed by atoms with Crippen molar-refractivity contribution in [3.63, 3.8) is 0 Å². The summed E-state index contributed by atoms with van der Waals surface area (Å²) in [5.41, 5.74) is 2.24. The molecule has 0 aromatic heterocycles. The lowest BCUT2D eigenvalue weighted by atomic mass is 10.1. The molecule has 1 N–H and O–H groups in total. The van der Waals surface area contributed by atoms with Gasteiger partial charge >= 0.3 is 0 Å². The van der Waals surface area contributed by atoms with Crippen LogP contribution < -0.4 is 5.32 Å². The summed E-state index contributed by atoms with van der Waals surface area (Å²) in [5, 5.41) is 2.65. The highest BCUT2D eigenvalue weighted by Gasteiger charge is 2.25. The summed E-state index contributed by atoms with van der Waals surface area (Å²) in [4.78, 5) is 12.7. The fraction of sp³-hybridized carbons (Fsp3) is 0.435. The van der Waals surface area contributed by atoms with E-state index in [2.05, 4.69) is 5.32 Å². The van der Waals surface area contributed by atoms with Crippen molar-refractivity contribution >= 4 is 31.6 Å². The molecule has 0 unspecified atom stereocenters. The van der Waals surface area contributed by atoms with Crippen LogP contribution in [0.3, 0.4) is 0 Å². The standard InChI is InChI=1S/C23H31N3O5S2/c1-19-7-9-20(10-8-19)17-26(32(2,28)29)18-23(27)24-21-11-13-22(14-12-21)33(30,31)25-15-5-3-4-6-16-25/h7-14H,3-6,15-18H2,1-2H3,(H,24,27). The molecule has 2 aromatic carbocycles. The van der Waals surface area contributed by atoms with Crippen LogP contribution in [-0.4, -0.2) is 57.2 Å². The van der Waals surface area contributed by atoms with Crippen LogP contribution in [0.25, 0.3) is 0 Å². The summed E-state index contributed by atoms with van der Waals surface area (Å²) in [7, 11) is -7.19. The third-order valence-corrected chi connectivity index (χ3v) is 8.72. The fourth-order valence-corrected chi connectivity index (χ4v) is 5.94. The zero-order chi connectivity index (χ0) is 24.1. The van der Waals surface area contributed by atoms with E-state index in [9.17, 15) is 21.6 Å². The van der Waals surface area contributed by atoms with E-state index in [0.717, 1.165) is 47.4 Å². The Labute approximate surface area is 196 Å². The highest BCUT2D eigenvalue weighted by Crippen LogP contribution is 2.22. The molecule has 1 aliphatic heterocycles. The molecule has 0 bridgehead atoms. The van der Waals surface area contributed by atoms with Crippen molar-refractivity contribution < 1.29 is 21.6 Å². The van der Waals surface area contributed by atoms with Gasteiger partial charge in [0.05, 0.1) is 17.7 Å². The molecular formula is C23H31N3O5S2. The van der Waals surface area contributed by atoms with Crippen LogP contribution in [0, 0.1) is 6.92 Å². The molecule has 33 heavy (non-hydrogen) atoms. The van der Waals surface area contributed by atoms with Gasteiger partial charge in [0.15, 0.2) is 0 Å². The molecule has 0 spiro atoms. The number of amides is 1. The van der Waals surface area contributed by atoms with Crippen molar-refractivity contribution in [2.45, 2.75) is 44.0 Å². The number of nitrogens with zero attached hydrogens (tertiary/aromatic N) is 2. The molecule has 1 amide bonds. The largest absolute Gasteiger partial charge is 0.325 e. The number of benzene rings is 2. The van der Waals surface area contributed by atoms with E-state index >= 15 is 0 Å². The van der Waals surface area contributed by atoms with Crippen molar-refractivity contribution in [3.8, 4) is 0 Å². The zero-order valence-electron chi connectivity index (χ0n) is 19.0. The molecule has 1 fully saturated rings. The van der Waals surface area contributed by atoms with Gasteiger partial charge in [0, 0.05) is 25.3 Å². The van der Waals surface area contributed by atoms with Gasteiger partial charge in [-0.15, -0.1) is 0 Å². The smallest absolute Gasteiger partial charge is 0.243 e. The Kier molecular flexibility index (Phi) is 8.28. The van der Waals surface area contributed by atoms with Crippen LogP contribution in [0.15, 0.2) is 53.4 Å². The Bertz CT molecular complexity index is 1150. The van der Waals surface area contributed by atoms with Crippen LogP contribution in [-0.2, 0) is 31.4 Å². The van der Waals surface area contributed by atoms with Gasteiger partial charge in [0.1, 0.15) is 0 Å². The average Bonchev–Trinajstić information content (AvgIpc) is 3.05. The highest BCUT2D eigenvalue weighted by atomic mass is 32.2. The first-order chi connectivity index (χ1) is 15.6. The molecule has 2 aromatic rings. The predicted octanol–water partition coefficient (Wildman–Crippen LogP) is 2.96. The van der Waals surface area contributed by atoms with Gasteiger partial charge in [-0.1, -0.05) is 42.7 Å². The second-order valence-corrected chi connectivity index (χ2v) is 12.3. The van der Waals surface area contributed by atoms with E-state index in [1.807, 2.05) is 31.2 Å². The normalized spacial score (nSPS) is 15.8. The van der Waals surface area contributed by atoms with Gasteiger partial charge in [-0.3, -0.25) is 4.79 Å². The zero-order valence-corrected chi connectivity index (χ0v) is 20.7. The molecule has 1 saturated heterocycles. The molecule has 0 saturated carbocycles. The van der Waals surface area contributed by atoms with Gasteiger partial charge in [0.2, 0.25) is 26.0 Å². The minimum absolute atomic E-state index is 0.0829. The Morgan fingerprint density at radius 1 is 0.909 bits per heavy atom. The topological polar surface area (TPSA) is 104 Å². The second-order valence-electron chi connectivity index (χ2n) is 8.41. The lowest BCUT2D eigenvalue weighted by Crippen LogP contribution is -2.36. The van der Waals surface area contributed by atoms with Crippen molar-refractivity contribution in [1.82, 2.24) is 8.61 Å². The van der Waals surface area contributed by atoms with E-state index < -0.39 is 26.0 Å². The van der Waals surface area contributed by atoms with E-state index in [4.69, 9.17) is 0 Å². The molecule has 0 radical (unpaired) electrons. The van der Waals surface area contributed by atoms with E-state index in [0.29, 0.717) is 18.8 Å². The van der Waals surface area contributed by atoms with E-state index in [1.54, 1.807) is 0 Å². The maximum absolute atomic E-state index is 12.9. The minimum Gasteiger partial charge on any atom is -0.325 e. The van der Waals surface area contributed by atoms with Gasteiger partial charge in [0.25, 0.3) is 0 Å². The van der Waals surface area contributed by atoms with Crippen molar-refractivity contribution in [1.29, 1.82) is 0 Å². The molecule has 8 nitrogen and oxygen atoms in total. The summed E-state index contributed by atoms with van der Waals surface area (Å²) in [6.07, 6.45) is 4.84. The van der Waals surface area contributed by atoms with E-state index in [1.165, 1.54) is 28.6 Å². The Morgan fingerprint density at radius 2 is 1.48 bits per heavy atom. The Morgan fingerprint density at radius 3 is 2.03 bits per heavy atom. The summed E-state index contributed by atoms with van der Waals surface area (Å²) in [5.74, 6) is -0.504. The second kappa shape index (κ2) is 10.8. The number of rotatable bonds is 8. The third kappa shape index (κ3) is 7.10. The number of hydrogen-bond donors (Lipinski definition) is 1. The quantitative estimate of drug-likeness (QED) is 0.609. The lowest BCUT2D eigenvalue weighted by molar-refractivity contribution is -0.116. The van der Waals surface area contributed by atoms with Crippen LogP contribution in [0.4, 0.5) is 5.69 Å². The average molecular weight is 494 g/mol. The van der Waals surface area contributed by atoms with Crippen molar-refractivity contribution in [3.05, 3.63) is 59.7 Å². The first kappa shape index (κ1) is 25.4. The van der Waals surface area contributed by atoms with Crippen LogP contribution in [0.1, 0.15) is 36.8 Å². The van der Waals surface area contributed by atoms with Crippen molar-refractivity contribution in [2.75, 3.05) is 31.2 Å². The summed E-state index contributed by atoms with van der Waals surface area (Å²) in [6, 6.07) is 13.4. The molecule has 1 aliphatic rings. The first-order valence-electron chi connectivity index (χ1n) is 11.0.